The predicted molar refractivity (Wildman–Crippen MR) is 161 cm³/mol. The van der Waals surface area contributed by atoms with Crippen LogP contribution in [-0.4, -0.2) is 83.3 Å². The summed E-state index contributed by atoms with van der Waals surface area (Å²) in [6.07, 6.45) is 10.3. The number of nitrogens with zero attached hydrogens (tertiary/aromatic N) is 2. The number of fused-ring (bicyclic) bond motifs is 2. The third-order valence-corrected chi connectivity index (χ3v) is 10.7. The van der Waals surface area contributed by atoms with Crippen LogP contribution in [-0.2, 0) is 29.3 Å². The molecule has 0 spiro atoms. The zero-order valence-electron chi connectivity index (χ0n) is 26.2. The second kappa shape index (κ2) is 13.1. The van der Waals surface area contributed by atoms with Crippen LogP contribution in [0, 0.1) is 5.92 Å². The maximum absolute atomic E-state index is 13.7. The van der Waals surface area contributed by atoms with Crippen LogP contribution in [0.15, 0.2) is 12.2 Å². The number of hydrogen-bond donors (Lipinski definition) is 3. The molecular weight excluding hydrogens is 574 g/mol. The van der Waals surface area contributed by atoms with Gasteiger partial charge in [-0.15, -0.1) is 0 Å². The Morgan fingerprint density at radius 3 is 2.37 bits per heavy atom. The molecule has 3 aliphatic heterocycles. The van der Waals surface area contributed by atoms with E-state index in [9.17, 15) is 27.6 Å². The summed E-state index contributed by atoms with van der Waals surface area (Å²) < 4.78 is 35.9. The van der Waals surface area contributed by atoms with Crippen LogP contribution in [0.2, 0.25) is 0 Å². The lowest BCUT2D eigenvalue weighted by molar-refractivity contribution is -0.141. The number of piperidine rings is 1. The lowest BCUT2D eigenvalue weighted by Crippen LogP contribution is -2.60. The minimum Gasteiger partial charge on any atom is -0.444 e. The minimum atomic E-state index is -4.14. The predicted octanol–water partition coefficient (Wildman–Crippen LogP) is 2.89. The zero-order chi connectivity index (χ0) is 31.6. The van der Waals surface area contributed by atoms with Gasteiger partial charge in [0.05, 0.1) is 0 Å². The van der Waals surface area contributed by atoms with E-state index in [0.717, 1.165) is 25.7 Å². The van der Waals surface area contributed by atoms with Gasteiger partial charge in [-0.1, -0.05) is 31.4 Å². The highest BCUT2D eigenvalue weighted by Gasteiger charge is 2.61. The first-order valence-electron chi connectivity index (χ1n) is 15.8. The van der Waals surface area contributed by atoms with Crippen molar-refractivity contribution >= 4 is 34.0 Å². The molecule has 2 saturated heterocycles. The Morgan fingerprint density at radius 1 is 1.00 bits per heavy atom. The number of carbonyl (C=O) groups is 4. The summed E-state index contributed by atoms with van der Waals surface area (Å²) in [6, 6.07) is -2.18. The number of alkyl carbamates (subject to hydrolysis) is 1. The first-order chi connectivity index (χ1) is 20.1. The molecule has 3 N–H and O–H groups in total. The molecule has 0 bridgehead atoms. The summed E-state index contributed by atoms with van der Waals surface area (Å²) in [5, 5.41) is 5.59. The van der Waals surface area contributed by atoms with Crippen LogP contribution in [0.4, 0.5) is 4.79 Å². The van der Waals surface area contributed by atoms with Crippen molar-refractivity contribution in [3.8, 4) is 0 Å². The molecule has 6 atom stereocenters. The number of allylic oxidation sites excluding steroid dienone is 1. The highest BCUT2D eigenvalue weighted by Crippen LogP contribution is 2.46. The third kappa shape index (κ3) is 7.89. The van der Waals surface area contributed by atoms with Gasteiger partial charge in [0.25, 0.3) is 5.91 Å². The summed E-state index contributed by atoms with van der Waals surface area (Å²) in [6.45, 7) is 9.25. The van der Waals surface area contributed by atoms with E-state index in [1.165, 1.54) is 9.21 Å². The highest BCUT2D eigenvalue weighted by atomic mass is 32.2. The van der Waals surface area contributed by atoms with Crippen molar-refractivity contribution in [3.63, 3.8) is 0 Å². The molecule has 1 saturated carbocycles. The number of ether oxygens (including phenoxy) is 1. The van der Waals surface area contributed by atoms with Crippen LogP contribution in [0.25, 0.3) is 0 Å². The average molecular weight is 624 g/mol. The van der Waals surface area contributed by atoms with Crippen molar-refractivity contribution in [2.24, 2.45) is 5.92 Å². The largest absolute Gasteiger partial charge is 0.444 e. The number of rotatable bonds is 4. The van der Waals surface area contributed by atoms with E-state index in [1.807, 2.05) is 26.0 Å². The molecule has 0 aromatic heterocycles. The Bertz CT molecular complexity index is 1210. The van der Waals surface area contributed by atoms with E-state index < -0.39 is 51.3 Å². The van der Waals surface area contributed by atoms with Gasteiger partial charge in [-0.05, 0) is 86.0 Å². The molecule has 4 rings (SSSR count). The van der Waals surface area contributed by atoms with Crippen LogP contribution in [0.5, 0.6) is 0 Å². The monoisotopic (exact) mass is 623 g/mol. The summed E-state index contributed by atoms with van der Waals surface area (Å²) >= 11 is 0. The van der Waals surface area contributed by atoms with E-state index >= 15 is 0 Å². The summed E-state index contributed by atoms with van der Waals surface area (Å²) in [5.41, 5.74) is -2.16. The Hall–Kier alpha value is -2.67. The van der Waals surface area contributed by atoms with Crippen molar-refractivity contribution in [2.75, 3.05) is 6.54 Å². The van der Waals surface area contributed by atoms with Gasteiger partial charge in [-0.25, -0.2) is 9.52 Å². The molecule has 43 heavy (non-hydrogen) atoms. The highest BCUT2D eigenvalue weighted by molar-refractivity contribution is 7.87. The molecule has 4 aliphatic rings. The molecule has 12 nitrogen and oxygen atoms in total. The van der Waals surface area contributed by atoms with Gasteiger partial charge in [0.1, 0.15) is 23.2 Å². The van der Waals surface area contributed by atoms with E-state index in [4.69, 9.17) is 4.74 Å². The van der Waals surface area contributed by atoms with Crippen molar-refractivity contribution in [2.45, 2.75) is 141 Å². The van der Waals surface area contributed by atoms with Crippen molar-refractivity contribution in [1.82, 2.24) is 24.6 Å². The molecule has 0 radical (unpaired) electrons. The second-order valence-electron chi connectivity index (χ2n) is 13.6. The molecule has 0 aromatic rings. The third-order valence-electron chi connectivity index (χ3n) is 8.94. The normalized spacial score (nSPS) is 32.9. The van der Waals surface area contributed by atoms with Crippen LogP contribution >= 0.6 is 0 Å². The fourth-order valence-electron chi connectivity index (χ4n) is 6.68. The summed E-state index contributed by atoms with van der Waals surface area (Å²) in [4.78, 5) is 55.3. The smallest absolute Gasteiger partial charge is 0.408 e. The Balaban J connectivity index is 1.55. The molecule has 4 amide bonds. The first-order valence-corrected chi connectivity index (χ1v) is 17.2. The molecule has 0 aromatic carbocycles. The van der Waals surface area contributed by atoms with Crippen molar-refractivity contribution < 1.29 is 32.3 Å². The zero-order valence-corrected chi connectivity index (χ0v) is 27.0. The number of hydrogen-bond acceptors (Lipinski definition) is 7. The van der Waals surface area contributed by atoms with E-state index in [2.05, 4.69) is 15.4 Å². The molecular formula is C30H49N5O7S. The van der Waals surface area contributed by atoms with E-state index in [0.29, 0.717) is 45.1 Å². The quantitative estimate of drug-likeness (QED) is 0.407. The van der Waals surface area contributed by atoms with Crippen LogP contribution < -0.4 is 15.4 Å². The molecule has 242 valence electrons. The van der Waals surface area contributed by atoms with Crippen LogP contribution in [0.1, 0.15) is 105 Å². The van der Waals surface area contributed by atoms with Crippen molar-refractivity contribution in [3.05, 3.63) is 12.2 Å². The lowest BCUT2D eigenvalue weighted by atomic mass is 10.0. The Kier molecular flexibility index (Phi) is 10.1. The minimum absolute atomic E-state index is 0.246. The van der Waals surface area contributed by atoms with Crippen molar-refractivity contribution in [1.29, 1.82) is 0 Å². The summed E-state index contributed by atoms with van der Waals surface area (Å²) in [5.74, 6) is -1.98. The van der Waals surface area contributed by atoms with Crippen LogP contribution in [0.3, 0.4) is 0 Å². The van der Waals surface area contributed by atoms with E-state index in [1.54, 1.807) is 20.8 Å². The van der Waals surface area contributed by atoms with Gasteiger partial charge in [0.2, 0.25) is 11.8 Å². The lowest BCUT2D eigenvalue weighted by Gasteiger charge is -2.37. The molecule has 1 aliphatic carbocycles. The maximum atomic E-state index is 13.7. The average Bonchev–Trinajstić information content (AvgIpc) is 3.35. The van der Waals surface area contributed by atoms with Gasteiger partial charge in [0.15, 0.2) is 0 Å². The Labute approximate surface area is 255 Å². The van der Waals surface area contributed by atoms with E-state index in [-0.39, 0.29) is 30.3 Å². The molecule has 3 heterocycles. The van der Waals surface area contributed by atoms with Gasteiger partial charge in [-0.3, -0.25) is 14.4 Å². The first kappa shape index (κ1) is 33.2. The maximum Gasteiger partial charge on any atom is 0.408 e. The summed E-state index contributed by atoms with van der Waals surface area (Å²) in [7, 11) is -4.14. The fourth-order valence-corrected chi connectivity index (χ4v) is 8.36. The number of amides is 4. The standard InChI is InChI=1S/C30H49N5O7S/c1-20-13-11-14-21(2)35(20)43(40,41)33-27(38)30-19-22(30)15-9-7-6-8-10-16-23(31-28(39)42-29(3,4)5)26(37)34-18-12-17-24(34)25(36)32-30/h9,15,20-24H,6-8,10-14,16-19H2,1-5H3,(H,31,39)(H,32,36)(H,33,38)/t20?,21?,22-,23+,24+,30-/m1/s1. The van der Waals surface area contributed by atoms with Gasteiger partial charge in [0, 0.05) is 24.5 Å². The molecule has 13 heteroatoms. The SMILES string of the molecule is CC1CCCC(C)N1S(=O)(=O)NC(=O)[C@@]12C[C@H]1C=CCCCCC[C@H](NC(=O)OC(C)(C)C)C(=O)N1CCC[C@H]1C(=O)N2. The second-order valence-corrected chi connectivity index (χ2v) is 15.2. The van der Waals surface area contributed by atoms with Gasteiger partial charge >= 0.3 is 16.3 Å². The molecule has 3 fully saturated rings. The number of carbonyl (C=O) groups excluding carboxylic acids is 4. The Morgan fingerprint density at radius 2 is 1.70 bits per heavy atom. The molecule has 2 unspecified atom stereocenters. The number of nitrogens with one attached hydrogen (secondary N) is 3. The topological polar surface area (TPSA) is 154 Å². The van der Waals surface area contributed by atoms with Gasteiger partial charge in [-0.2, -0.15) is 12.7 Å². The fraction of sp³-hybridized carbons (Fsp3) is 0.800. The van der Waals surface area contributed by atoms with Gasteiger partial charge < -0.3 is 20.3 Å².